The Morgan fingerprint density at radius 1 is 1.00 bits per heavy atom. The summed E-state index contributed by atoms with van der Waals surface area (Å²) in [6.07, 6.45) is 10.0. The van der Waals surface area contributed by atoms with E-state index in [0.717, 1.165) is 5.57 Å². The highest BCUT2D eigenvalue weighted by Gasteiger charge is 1.98. The van der Waals surface area contributed by atoms with E-state index in [9.17, 15) is 0 Å². The lowest BCUT2D eigenvalue weighted by atomic mass is 10.1. The number of hydrogen-bond acceptors (Lipinski definition) is 0. The van der Waals surface area contributed by atoms with Crippen molar-refractivity contribution >= 4 is 5.57 Å². The summed E-state index contributed by atoms with van der Waals surface area (Å²) in [6.45, 7) is 5.79. The third-order valence-electron chi connectivity index (χ3n) is 3.50. The zero-order chi connectivity index (χ0) is 17.2. The highest BCUT2D eigenvalue weighted by atomic mass is 15.3. The largest absolute Gasteiger partial charge is 0.297 e. The molecule has 0 amide bonds. The van der Waals surface area contributed by atoms with E-state index < -0.39 is 0 Å². The molecule has 122 valence electrons. The van der Waals surface area contributed by atoms with Gasteiger partial charge in [0.15, 0.2) is 0 Å². The van der Waals surface area contributed by atoms with Crippen LogP contribution in [0.25, 0.3) is 16.8 Å². The minimum absolute atomic E-state index is 1.15. The molecule has 24 heavy (non-hydrogen) atoms. The van der Waals surface area contributed by atoms with Gasteiger partial charge in [0.25, 0.3) is 0 Å². The number of aromatic nitrogens is 2. The van der Waals surface area contributed by atoms with Gasteiger partial charge in [0, 0.05) is 18.8 Å². The Morgan fingerprint density at radius 3 is 2.08 bits per heavy atom. The molecule has 0 unspecified atom stereocenters. The first kappa shape index (κ1) is 17.4. The molecule has 0 aliphatic heterocycles. The second-order valence-corrected chi connectivity index (χ2v) is 5.35. The predicted molar refractivity (Wildman–Crippen MR) is 105 cm³/mol. The molecule has 3 aromatic rings. The van der Waals surface area contributed by atoms with Crippen molar-refractivity contribution in [2.75, 3.05) is 0 Å². The molecule has 0 saturated heterocycles. The Kier molecular flexibility index (Phi) is 6.66. The third kappa shape index (κ3) is 5.03. The van der Waals surface area contributed by atoms with Crippen molar-refractivity contribution in [2.24, 2.45) is 7.05 Å². The van der Waals surface area contributed by atoms with Crippen LogP contribution < -0.4 is 0 Å². The van der Waals surface area contributed by atoms with E-state index in [2.05, 4.69) is 48.2 Å². The zero-order valence-corrected chi connectivity index (χ0v) is 14.3. The van der Waals surface area contributed by atoms with Gasteiger partial charge in [-0.1, -0.05) is 91.5 Å². The average molecular weight is 316 g/mol. The fourth-order valence-corrected chi connectivity index (χ4v) is 2.25. The summed E-state index contributed by atoms with van der Waals surface area (Å²) in [4.78, 5) is 0. The van der Waals surface area contributed by atoms with E-state index in [1.807, 2.05) is 73.3 Å². The smallest absolute Gasteiger partial charge is 0.0792 e. The van der Waals surface area contributed by atoms with Crippen molar-refractivity contribution < 1.29 is 0 Å². The van der Waals surface area contributed by atoms with Crippen molar-refractivity contribution in [2.45, 2.75) is 6.92 Å². The highest BCUT2D eigenvalue weighted by Crippen LogP contribution is 2.16. The molecule has 0 aliphatic carbocycles. The molecule has 0 saturated carbocycles. The first-order valence-electron chi connectivity index (χ1n) is 8.02. The van der Waals surface area contributed by atoms with Crippen molar-refractivity contribution in [3.63, 3.8) is 0 Å². The predicted octanol–water partition coefficient (Wildman–Crippen LogP) is 5.85. The second kappa shape index (κ2) is 9.21. The summed E-state index contributed by atoms with van der Waals surface area (Å²) in [5, 5.41) is 3.15. The monoisotopic (exact) mass is 316 g/mol. The molecule has 0 fully saturated rings. The summed E-state index contributed by atoms with van der Waals surface area (Å²) in [5.41, 5.74) is 4.79. The fraction of sp³-hybridized carbons (Fsp3) is 0.0909. The molecular formula is C22H24N2. The lowest BCUT2D eigenvalue weighted by molar-refractivity contribution is 0.699. The van der Waals surface area contributed by atoms with Gasteiger partial charge in [-0.2, -0.15) is 0 Å². The van der Waals surface area contributed by atoms with Gasteiger partial charge in [0.1, 0.15) is 0 Å². The van der Waals surface area contributed by atoms with Crippen LogP contribution >= 0.6 is 0 Å². The molecular weight excluding hydrogens is 292 g/mol. The zero-order valence-electron chi connectivity index (χ0n) is 14.3. The van der Waals surface area contributed by atoms with Crippen LogP contribution in [0.5, 0.6) is 0 Å². The summed E-state index contributed by atoms with van der Waals surface area (Å²) in [5.74, 6) is 0. The van der Waals surface area contributed by atoms with E-state index >= 15 is 0 Å². The van der Waals surface area contributed by atoms with Gasteiger partial charge in [0.2, 0.25) is 0 Å². The maximum atomic E-state index is 3.79. The second-order valence-electron chi connectivity index (χ2n) is 5.35. The number of H-pyrrole nitrogens is 1. The summed E-state index contributed by atoms with van der Waals surface area (Å²) >= 11 is 0. The lowest BCUT2D eigenvalue weighted by Crippen LogP contribution is -2.04. The van der Waals surface area contributed by atoms with Crippen LogP contribution in [0, 0.1) is 0 Å². The molecule has 2 heteroatoms. The standard InChI is InChI=1S/C13H14.C9H10N2/c1-3-5-9-12(4-2)13-10-7-6-8-11-13;1-11-7-9(10-11)8-5-3-2-4-6-8/h3-11H,2H2,1H3;2-7,10H,1H3/b5-3-,12-9+;. The number of aryl methyl sites for hydroxylation is 1. The Hall–Kier alpha value is -3.00. The van der Waals surface area contributed by atoms with E-state index in [4.69, 9.17) is 0 Å². The number of aromatic amines is 1. The molecule has 1 heterocycles. The topological polar surface area (TPSA) is 20.7 Å². The van der Waals surface area contributed by atoms with Crippen LogP contribution in [0.15, 0.2) is 97.7 Å². The van der Waals surface area contributed by atoms with Crippen molar-refractivity contribution in [3.8, 4) is 11.3 Å². The van der Waals surface area contributed by atoms with E-state index in [1.54, 1.807) is 0 Å². The molecule has 1 aromatic heterocycles. The van der Waals surface area contributed by atoms with Gasteiger partial charge in [-0.15, -0.1) is 0 Å². The van der Waals surface area contributed by atoms with Crippen LogP contribution in [0.3, 0.4) is 0 Å². The van der Waals surface area contributed by atoms with E-state index in [0.29, 0.717) is 0 Å². The number of allylic oxidation sites excluding steroid dienone is 5. The Bertz CT molecular complexity index is 775. The summed E-state index contributed by atoms with van der Waals surface area (Å²) in [6, 6.07) is 20.5. The van der Waals surface area contributed by atoms with Gasteiger partial charge in [0.05, 0.1) is 5.69 Å². The van der Waals surface area contributed by atoms with Crippen LogP contribution in [-0.2, 0) is 7.05 Å². The molecule has 0 radical (unpaired) electrons. The molecule has 2 nitrogen and oxygen atoms in total. The van der Waals surface area contributed by atoms with Gasteiger partial charge in [-0.05, 0) is 18.1 Å². The van der Waals surface area contributed by atoms with Crippen LogP contribution in [0.1, 0.15) is 12.5 Å². The normalized spacial score (nSPS) is 11.2. The van der Waals surface area contributed by atoms with Crippen molar-refractivity contribution in [1.82, 2.24) is 9.78 Å². The molecule has 2 aromatic carbocycles. The van der Waals surface area contributed by atoms with E-state index in [-0.39, 0.29) is 0 Å². The van der Waals surface area contributed by atoms with Crippen LogP contribution in [0.2, 0.25) is 0 Å². The minimum Gasteiger partial charge on any atom is -0.297 e. The Labute approximate surface area is 144 Å². The van der Waals surface area contributed by atoms with Gasteiger partial charge < -0.3 is 0 Å². The van der Waals surface area contributed by atoms with Crippen LogP contribution in [-0.4, -0.2) is 9.78 Å². The number of nitrogens with one attached hydrogen (secondary N) is 1. The SMILES string of the molecule is C=C/C(=C\C=C/C)c1ccccc1.Cn1cc(-c2ccccc2)[nH]1. The third-order valence-corrected chi connectivity index (χ3v) is 3.50. The van der Waals surface area contributed by atoms with Crippen molar-refractivity contribution in [3.05, 3.63) is 103 Å². The van der Waals surface area contributed by atoms with E-state index in [1.165, 1.54) is 16.8 Å². The first-order chi connectivity index (χ1) is 11.7. The Balaban J connectivity index is 0.000000175. The number of nitrogens with zero attached hydrogens (tertiary/aromatic N) is 1. The quantitative estimate of drug-likeness (QED) is 0.583. The molecule has 0 spiro atoms. The average Bonchev–Trinajstić information content (AvgIpc) is 2.62. The Morgan fingerprint density at radius 2 is 1.58 bits per heavy atom. The first-order valence-corrected chi connectivity index (χ1v) is 8.02. The molecule has 0 aliphatic rings. The molecule has 0 atom stereocenters. The van der Waals surface area contributed by atoms with Crippen LogP contribution in [0.4, 0.5) is 0 Å². The molecule has 0 bridgehead atoms. The fourth-order valence-electron chi connectivity index (χ4n) is 2.25. The molecule has 1 N–H and O–H groups in total. The number of hydrogen-bond donors (Lipinski definition) is 1. The number of benzene rings is 2. The summed E-state index contributed by atoms with van der Waals surface area (Å²) in [7, 11) is 1.98. The van der Waals surface area contributed by atoms with Gasteiger partial charge in [-0.3, -0.25) is 9.78 Å². The summed E-state index contributed by atoms with van der Waals surface area (Å²) < 4.78 is 1.93. The molecule has 3 rings (SSSR count). The maximum absolute atomic E-state index is 3.79. The highest BCUT2D eigenvalue weighted by molar-refractivity contribution is 5.74. The lowest BCUT2D eigenvalue weighted by Gasteiger charge is -2.10. The maximum Gasteiger partial charge on any atom is 0.0792 e. The number of rotatable bonds is 4. The van der Waals surface area contributed by atoms with Gasteiger partial charge in [-0.25, -0.2) is 0 Å². The minimum atomic E-state index is 1.15. The van der Waals surface area contributed by atoms with Gasteiger partial charge >= 0.3 is 0 Å². The van der Waals surface area contributed by atoms with Crippen molar-refractivity contribution in [1.29, 1.82) is 0 Å².